The molecule has 0 aliphatic carbocycles. The lowest BCUT2D eigenvalue weighted by atomic mass is 10.4. The number of anilines is 2. The maximum Gasteiger partial charge on any atom is 0.255 e. The number of aromatic nitrogens is 2. The highest BCUT2D eigenvalue weighted by atomic mass is 32.2. The molecule has 0 aromatic carbocycles. The minimum Gasteiger partial charge on any atom is -0.395 e. The van der Waals surface area contributed by atoms with Gasteiger partial charge in [-0.15, -0.1) is 0 Å². The van der Waals surface area contributed by atoms with E-state index in [2.05, 4.69) is 9.97 Å². The van der Waals surface area contributed by atoms with E-state index in [0.717, 1.165) is 0 Å². The van der Waals surface area contributed by atoms with Gasteiger partial charge >= 0.3 is 0 Å². The van der Waals surface area contributed by atoms with Gasteiger partial charge in [-0.1, -0.05) is 11.8 Å². The van der Waals surface area contributed by atoms with Gasteiger partial charge in [0.05, 0.1) is 13.2 Å². The average Bonchev–Trinajstić information content (AvgIpc) is 2.27. The van der Waals surface area contributed by atoms with Crippen LogP contribution in [0.15, 0.2) is 11.2 Å². The molecule has 17 heavy (non-hydrogen) atoms. The highest BCUT2D eigenvalue weighted by Gasteiger charge is 2.15. The van der Waals surface area contributed by atoms with Crippen LogP contribution in [-0.2, 0) is 0 Å². The number of aliphatic hydroxyl groups excluding tert-OH is 1. The van der Waals surface area contributed by atoms with Gasteiger partial charge in [0.25, 0.3) is 6.43 Å². The highest BCUT2D eigenvalue weighted by molar-refractivity contribution is 7.98. The standard InChI is InChI=1S/C9H14F2N4OS/c1-17-9-13-7(12)4-8(14-9)15(2-3-16)5-6(10)11/h4,6,16H,2-3,5H2,1H3,(H2,12,13,14). The second-order valence-electron chi connectivity index (χ2n) is 3.20. The fourth-order valence-electron chi connectivity index (χ4n) is 1.27. The lowest BCUT2D eigenvalue weighted by molar-refractivity contribution is 0.152. The van der Waals surface area contributed by atoms with E-state index < -0.39 is 13.0 Å². The molecule has 1 aromatic rings. The first-order chi connectivity index (χ1) is 8.06. The lowest BCUT2D eigenvalue weighted by Gasteiger charge is -2.22. The summed E-state index contributed by atoms with van der Waals surface area (Å²) in [6.45, 7) is -0.648. The first-order valence-electron chi connectivity index (χ1n) is 4.89. The van der Waals surface area contributed by atoms with Crippen molar-refractivity contribution in [3.05, 3.63) is 6.07 Å². The maximum atomic E-state index is 12.4. The molecular formula is C9H14F2N4OS. The Morgan fingerprint density at radius 1 is 1.53 bits per heavy atom. The predicted molar refractivity (Wildman–Crippen MR) is 63.5 cm³/mol. The van der Waals surface area contributed by atoms with Crippen LogP contribution in [0.1, 0.15) is 0 Å². The molecule has 96 valence electrons. The van der Waals surface area contributed by atoms with E-state index in [1.165, 1.54) is 22.7 Å². The number of alkyl halides is 2. The average molecular weight is 264 g/mol. The molecule has 0 bridgehead atoms. The van der Waals surface area contributed by atoms with Crippen molar-refractivity contribution < 1.29 is 13.9 Å². The van der Waals surface area contributed by atoms with Gasteiger partial charge in [0.15, 0.2) is 5.16 Å². The van der Waals surface area contributed by atoms with Gasteiger partial charge in [0.1, 0.15) is 11.6 Å². The number of halogens is 2. The lowest BCUT2D eigenvalue weighted by Crippen LogP contribution is -2.32. The zero-order chi connectivity index (χ0) is 12.8. The summed E-state index contributed by atoms with van der Waals surface area (Å²) < 4.78 is 24.7. The molecule has 0 aliphatic heterocycles. The van der Waals surface area contributed by atoms with Gasteiger partial charge in [-0.05, 0) is 6.26 Å². The largest absolute Gasteiger partial charge is 0.395 e. The molecule has 1 heterocycles. The summed E-state index contributed by atoms with van der Waals surface area (Å²) in [5, 5.41) is 9.25. The van der Waals surface area contributed by atoms with Crippen molar-refractivity contribution in [2.24, 2.45) is 0 Å². The topological polar surface area (TPSA) is 75.3 Å². The zero-order valence-corrected chi connectivity index (χ0v) is 10.1. The number of nitrogens with two attached hydrogens (primary N) is 1. The Kier molecular flexibility index (Phi) is 5.36. The highest BCUT2D eigenvalue weighted by Crippen LogP contribution is 2.19. The van der Waals surface area contributed by atoms with Crippen LogP contribution in [0.5, 0.6) is 0 Å². The van der Waals surface area contributed by atoms with Crippen molar-refractivity contribution in [3.63, 3.8) is 0 Å². The summed E-state index contributed by atoms with van der Waals surface area (Å²) >= 11 is 1.27. The van der Waals surface area contributed by atoms with Crippen LogP contribution in [0.25, 0.3) is 0 Å². The maximum absolute atomic E-state index is 12.4. The van der Waals surface area contributed by atoms with Crippen LogP contribution in [0.2, 0.25) is 0 Å². The summed E-state index contributed by atoms with van der Waals surface area (Å²) in [5.74, 6) is 0.521. The SMILES string of the molecule is CSc1nc(N)cc(N(CCO)CC(F)F)n1. The Labute approximate surface area is 102 Å². The fraction of sp³-hybridized carbons (Fsp3) is 0.556. The second-order valence-corrected chi connectivity index (χ2v) is 3.97. The van der Waals surface area contributed by atoms with E-state index in [1.807, 2.05) is 0 Å². The monoisotopic (exact) mass is 264 g/mol. The smallest absolute Gasteiger partial charge is 0.255 e. The first-order valence-corrected chi connectivity index (χ1v) is 6.11. The minimum absolute atomic E-state index is 0.0780. The molecule has 0 amide bonds. The van der Waals surface area contributed by atoms with E-state index in [4.69, 9.17) is 10.8 Å². The van der Waals surface area contributed by atoms with Crippen LogP contribution >= 0.6 is 11.8 Å². The third kappa shape index (κ3) is 4.31. The number of hydrogen-bond donors (Lipinski definition) is 2. The Balaban J connectivity index is 2.95. The van der Waals surface area contributed by atoms with Crippen LogP contribution in [0, 0.1) is 0 Å². The molecule has 3 N–H and O–H groups in total. The quantitative estimate of drug-likeness (QED) is 0.586. The van der Waals surface area contributed by atoms with Gasteiger partial charge in [-0.2, -0.15) is 0 Å². The number of rotatable bonds is 6. The molecule has 0 spiro atoms. The number of nitrogens with zero attached hydrogens (tertiary/aromatic N) is 3. The third-order valence-corrected chi connectivity index (χ3v) is 2.49. The summed E-state index contributed by atoms with van der Waals surface area (Å²) in [5.41, 5.74) is 5.56. The van der Waals surface area contributed by atoms with E-state index >= 15 is 0 Å². The zero-order valence-electron chi connectivity index (χ0n) is 9.31. The van der Waals surface area contributed by atoms with Gasteiger partial charge in [0, 0.05) is 12.6 Å². The molecule has 5 nitrogen and oxygen atoms in total. The molecule has 1 aromatic heterocycles. The Bertz CT molecular complexity index is 367. The van der Waals surface area contributed by atoms with Crippen LogP contribution in [-0.4, -0.2) is 47.5 Å². The van der Waals surface area contributed by atoms with Crippen LogP contribution in [0.3, 0.4) is 0 Å². The van der Waals surface area contributed by atoms with Gasteiger partial charge in [-0.3, -0.25) is 0 Å². The number of hydrogen-bond acceptors (Lipinski definition) is 6. The number of aliphatic hydroxyl groups is 1. The van der Waals surface area contributed by atoms with Crippen molar-refractivity contribution in [1.82, 2.24) is 9.97 Å². The molecule has 0 saturated heterocycles. The Hall–Kier alpha value is -1.15. The van der Waals surface area contributed by atoms with E-state index in [9.17, 15) is 8.78 Å². The van der Waals surface area contributed by atoms with Gasteiger partial charge in [-0.25, -0.2) is 18.7 Å². The molecule has 0 unspecified atom stereocenters. The van der Waals surface area contributed by atoms with Gasteiger partial charge < -0.3 is 15.7 Å². The normalized spacial score (nSPS) is 10.9. The van der Waals surface area contributed by atoms with E-state index in [-0.39, 0.29) is 19.0 Å². The molecule has 1 rings (SSSR count). The molecule has 0 radical (unpaired) electrons. The summed E-state index contributed by atoms with van der Waals surface area (Å²) in [4.78, 5) is 9.28. The summed E-state index contributed by atoms with van der Waals surface area (Å²) in [6.07, 6.45) is -0.738. The molecule has 0 aliphatic rings. The van der Waals surface area contributed by atoms with Crippen LogP contribution < -0.4 is 10.6 Å². The summed E-state index contributed by atoms with van der Waals surface area (Å²) in [6, 6.07) is 1.41. The van der Waals surface area contributed by atoms with Crippen molar-refractivity contribution in [2.45, 2.75) is 11.6 Å². The van der Waals surface area contributed by atoms with E-state index in [0.29, 0.717) is 11.0 Å². The first kappa shape index (κ1) is 13.9. The molecule has 8 heteroatoms. The van der Waals surface area contributed by atoms with E-state index in [1.54, 1.807) is 6.26 Å². The fourth-order valence-corrected chi connectivity index (χ4v) is 1.65. The van der Waals surface area contributed by atoms with Gasteiger partial charge in [0.2, 0.25) is 0 Å². The van der Waals surface area contributed by atoms with Crippen molar-refractivity contribution >= 4 is 23.4 Å². The second kappa shape index (κ2) is 6.55. The van der Waals surface area contributed by atoms with Crippen LogP contribution in [0.4, 0.5) is 20.4 Å². The van der Waals surface area contributed by atoms with Crippen molar-refractivity contribution in [3.8, 4) is 0 Å². The molecule has 0 saturated carbocycles. The Morgan fingerprint density at radius 2 is 2.24 bits per heavy atom. The Morgan fingerprint density at radius 3 is 2.76 bits per heavy atom. The molecule has 0 fully saturated rings. The minimum atomic E-state index is -2.50. The number of thioether (sulfide) groups is 1. The number of nitrogen functional groups attached to an aromatic ring is 1. The van der Waals surface area contributed by atoms with Crippen molar-refractivity contribution in [2.75, 3.05) is 36.6 Å². The summed E-state index contributed by atoms with van der Waals surface area (Å²) in [7, 11) is 0. The predicted octanol–water partition coefficient (Wildman–Crippen LogP) is 0.845. The third-order valence-electron chi connectivity index (χ3n) is 1.95. The molecule has 0 atom stereocenters. The van der Waals surface area contributed by atoms with Crippen molar-refractivity contribution in [1.29, 1.82) is 0 Å². The molecular weight excluding hydrogens is 250 g/mol.